The van der Waals surface area contributed by atoms with Crippen LogP contribution in [-0.2, 0) is 0 Å². The van der Waals surface area contributed by atoms with Crippen molar-refractivity contribution in [3.63, 3.8) is 0 Å². The molecule has 2 nitrogen and oxygen atoms in total. The average Bonchev–Trinajstić information content (AvgIpc) is 2.16. The van der Waals surface area contributed by atoms with Crippen LogP contribution < -0.4 is 5.32 Å². The molecule has 1 heterocycles. The molecule has 0 aliphatic rings. The van der Waals surface area contributed by atoms with Crippen molar-refractivity contribution < 1.29 is 0 Å². The Hall–Kier alpha value is -0.470. The number of pyridine rings is 1. The van der Waals surface area contributed by atoms with Gasteiger partial charge in [-0.25, -0.2) is 0 Å². The molecule has 78 valence electrons. The fraction of sp³-hybridized carbons (Fsp3) is 0.500. The lowest BCUT2D eigenvalue weighted by atomic mass is 10.1. The molecule has 0 amide bonds. The van der Waals surface area contributed by atoms with Gasteiger partial charge in [-0.3, -0.25) is 4.98 Å². The van der Waals surface area contributed by atoms with Crippen LogP contribution in [0.3, 0.4) is 0 Å². The molecule has 1 atom stereocenters. The van der Waals surface area contributed by atoms with Crippen LogP contribution in [0.1, 0.15) is 13.8 Å². The van der Waals surface area contributed by atoms with E-state index in [9.17, 15) is 0 Å². The maximum Gasteiger partial charge on any atom is 0.0820 e. The lowest BCUT2D eigenvalue weighted by molar-refractivity contribution is 0.564. The largest absolute Gasteiger partial charge is 0.380 e. The Morgan fingerprint density at radius 3 is 2.71 bits per heavy atom. The first-order valence-corrected chi connectivity index (χ1v) is 5.48. The molecule has 0 aliphatic carbocycles. The molecule has 0 saturated heterocycles. The summed E-state index contributed by atoms with van der Waals surface area (Å²) in [5.41, 5.74) is 0.890. The minimum atomic E-state index is 0.233. The number of alkyl halides is 1. The maximum atomic E-state index is 5.96. The van der Waals surface area contributed by atoms with Crippen LogP contribution in [0, 0.1) is 5.92 Å². The maximum absolute atomic E-state index is 5.96. The Kier molecular flexibility index (Phi) is 4.49. The summed E-state index contributed by atoms with van der Waals surface area (Å²) in [6, 6.07) is 2.08. The zero-order valence-electron chi connectivity index (χ0n) is 8.30. The number of rotatable bonds is 4. The quantitative estimate of drug-likeness (QED) is 0.806. The van der Waals surface area contributed by atoms with Gasteiger partial charge in [0, 0.05) is 24.3 Å². The van der Waals surface area contributed by atoms with Crippen molar-refractivity contribution in [1.82, 2.24) is 4.98 Å². The van der Waals surface area contributed by atoms with Gasteiger partial charge >= 0.3 is 0 Å². The summed E-state index contributed by atoms with van der Waals surface area (Å²) >= 11 is 11.8. The Balaban J connectivity index is 2.72. The zero-order chi connectivity index (χ0) is 10.6. The summed E-state index contributed by atoms with van der Waals surface area (Å²) in [5, 5.41) is 3.92. The second-order valence-electron chi connectivity index (χ2n) is 3.50. The highest BCUT2D eigenvalue weighted by Crippen LogP contribution is 2.21. The lowest BCUT2D eigenvalue weighted by Gasteiger charge is -2.21. The van der Waals surface area contributed by atoms with Gasteiger partial charge < -0.3 is 5.32 Å². The molecule has 0 bridgehead atoms. The molecule has 1 aromatic rings. The molecule has 14 heavy (non-hydrogen) atoms. The number of anilines is 1. The molecule has 4 heteroatoms. The molecule has 0 saturated carbocycles. The second-order valence-corrected chi connectivity index (χ2v) is 4.22. The van der Waals surface area contributed by atoms with Crippen LogP contribution in [0.15, 0.2) is 18.5 Å². The minimum absolute atomic E-state index is 0.233. The number of halogens is 2. The van der Waals surface area contributed by atoms with Gasteiger partial charge in [-0.05, 0) is 12.0 Å². The van der Waals surface area contributed by atoms with Crippen molar-refractivity contribution in [2.75, 3.05) is 11.2 Å². The summed E-state index contributed by atoms with van der Waals surface area (Å²) in [5.74, 6) is 1.03. The Morgan fingerprint density at radius 2 is 2.21 bits per heavy atom. The number of hydrogen-bond acceptors (Lipinski definition) is 2. The molecule has 0 radical (unpaired) electrons. The molecular formula is C10H14Cl2N2. The van der Waals surface area contributed by atoms with Gasteiger partial charge in [-0.1, -0.05) is 25.4 Å². The fourth-order valence-electron chi connectivity index (χ4n) is 1.08. The Bertz CT molecular complexity index is 289. The number of aromatic nitrogens is 1. The normalized spacial score (nSPS) is 12.9. The highest BCUT2D eigenvalue weighted by molar-refractivity contribution is 6.33. The van der Waals surface area contributed by atoms with Crippen LogP contribution in [0.2, 0.25) is 5.02 Å². The predicted molar refractivity (Wildman–Crippen MR) is 62.2 cm³/mol. The third-order valence-electron chi connectivity index (χ3n) is 2.08. The van der Waals surface area contributed by atoms with E-state index in [-0.39, 0.29) is 6.04 Å². The molecule has 0 spiro atoms. The van der Waals surface area contributed by atoms with Crippen LogP contribution in [0.25, 0.3) is 0 Å². The van der Waals surface area contributed by atoms with E-state index in [1.807, 2.05) is 6.07 Å². The summed E-state index contributed by atoms with van der Waals surface area (Å²) in [6.45, 7) is 4.24. The molecule has 1 unspecified atom stereocenters. The monoisotopic (exact) mass is 232 g/mol. The highest BCUT2D eigenvalue weighted by Gasteiger charge is 2.12. The fourth-order valence-corrected chi connectivity index (χ4v) is 1.68. The molecule has 0 aromatic carbocycles. The van der Waals surface area contributed by atoms with Gasteiger partial charge in [0.1, 0.15) is 0 Å². The average molecular weight is 233 g/mol. The number of nitrogens with zero attached hydrogens (tertiary/aromatic N) is 1. The Morgan fingerprint density at radius 1 is 1.50 bits per heavy atom. The summed E-state index contributed by atoms with van der Waals surface area (Å²) < 4.78 is 0. The minimum Gasteiger partial charge on any atom is -0.380 e. The number of nitrogens with one attached hydrogen (secondary N) is 1. The van der Waals surface area contributed by atoms with Crippen LogP contribution in [-0.4, -0.2) is 16.9 Å². The van der Waals surface area contributed by atoms with Crippen LogP contribution in [0.5, 0.6) is 0 Å². The van der Waals surface area contributed by atoms with E-state index in [4.69, 9.17) is 23.2 Å². The first-order valence-electron chi connectivity index (χ1n) is 4.57. The van der Waals surface area contributed by atoms with E-state index < -0.39 is 0 Å². The third kappa shape index (κ3) is 3.03. The Labute approximate surface area is 94.6 Å². The summed E-state index contributed by atoms with van der Waals surface area (Å²) in [7, 11) is 0. The van der Waals surface area contributed by atoms with Crippen LogP contribution in [0.4, 0.5) is 5.69 Å². The zero-order valence-corrected chi connectivity index (χ0v) is 9.81. The first-order chi connectivity index (χ1) is 6.65. The highest BCUT2D eigenvalue weighted by atomic mass is 35.5. The molecule has 1 aromatic heterocycles. The van der Waals surface area contributed by atoms with Gasteiger partial charge in [-0.2, -0.15) is 0 Å². The van der Waals surface area contributed by atoms with Crippen molar-refractivity contribution >= 4 is 28.9 Å². The van der Waals surface area contributed by atoms with Crippen molar-refractivity contribution in [2.24, 2.45) is 5.92 Å². The van der Waals surface area contributed by atoms with Crippen molar-refractivity contribution in [2.45, 2.75) is 19.9 Å². The standard InChI is InChI=1S/C10H14Cl2N2/c1-7(2)10(5-11)14-9-3-4-13-6-8(9)12/h3-4,6-7,10H,5H2,1-2H3,(H,13,14). The second kappa shape index (κ2) is 5.42. The van der Waals surface area contributed by atoms with E-state index in [2.05, 4.69) is 24.1 Å². The number of hydrogen-bond donors (Lipinski definition) is 1. The van der Waals surface area contributed by atoms with E-state index in [0.717, 1.165) is 5.69 Å². The van der Waals surface area contributed by atoms with E-state index in [1.165, 1.54) is 0 Å². The van der Waals surface area contributed by atoms with Gasteiger partial charge in [0.05, 0.1) is 10.7 Å². The van der Waals surface area contributed by atoms with Gasteiger partial charge in [0.25, 0.3) is 0 Å². The van der Waals surface area contributed by atoms with E-state index in [0.29, 0.717) is 16.8 Å². The molecule has 0 fully saturated rings. The van der Waals surface area contributed by atoms with Crippen molar-refractivity contribution in [3.8, 4) is 0 Å². The molecule has 1 rings (SSSR count). The van der Waals surface area contributed by atoms with Crippen LogP contribution >= 0.6 is 23.2 Å². The van der Waals surface area contributed by atoms with Gasteiger partial charge in [0.2, 0.25) is 0 Å². The molecule has 1 N–H and O–H groups in total. The van der Waals surface area contributed by atoms with E-state index in [1.54, 1.807) is 12.4 Å². The third-order valence-corrected chi connectivity index (χ3v) is 2.72. The van der Waals surface area contributed by atoms with Crippen molar-refractivity contribution in [3.05, 3.63) is 23.5 Å². The molecular weight excluding hydrogens is 219 g/mol. The SMILES string of the molecule is CC(C)C(CCl)Nc1ccncc1Cl. The lowest BCUT2D eigenvalue weighted by Crippen LogP contribution is -2.27. The summed E-state index contributed by atoms with van der Waals surface area (Å²) in [6.07, 6.45) is 3.33. The molecule has 0 aliphatic heterocycles. The first kappa shape index (κ1) is 11.6. The van der Waals surface area contributed by atoms with Gasteiger partial charge in [0.15, 0.2) is 0 Å². The van der Waals surface area contributed by atoms with E-state index >= 15 is 0 Å². The topological polar surface area (TPSA) is 24.9 Å². The summed E-state index contributed by atoms with van der Waals surface area (Å²) in [4.78, 5) is 3.92. The predicted octanol–water partition coefficient (Wildman–Crippen LogP) is 3.41. The smallest absolute Gasteiger partial charge is 0.0820 e. The van der Waals surface area contributed by atoms with Crippen molar-refractivity contribution in [1.29, 1.82) is 0 Å². The van der Waals surface area contributed by atoms with Gasteiger partial charge in [-0.15, -0.1) is 11.6 Å².